The molecule has 6 rings (SSSR count). The largest absolute Gasteiger partial charge is 0.369 e. The Kier molecular flexibility index (Phi) is 3.70. The second-order valence-electron chi connectivity index (χ2n) is 9.21. The SMILES string of the molecule is O=C(CC1CC1)NC[C@H]1[C@H]2CN(c3ccnc4ccccc34)C[C@]23CC[C@H]1O3. The van der Waals surface area contributed by atoms with Gasteiger partial charge >= 0.3 is 0 Å². The number of ether oxygens (including phenoxy) is 1. The van der Waals surface area contributed by atoms with E-state index in [-0.39, 0.29) is 11.5 Å². The summed E-state index contributed by atoms with van der Waals surface area (Å²) in [6, 6.07) is 10.5. The number of para-hydroxylation sites is 1. The predicted molar refractivity (Wildman–Crippen MR) is 108 cm³/mol. The number of aromatic nitrogens is 1. The van der Waals surface area contributed by atoms with Crippen LogP contribution in [0.25, 0.3) is 10.9 Å². The van der Waals surface area contributed by atoms with Gasteiger partial charge in [-0.3, -0.25) is 9.78 Å². The third-order valence-electron chi connectivity index (χ3n) is 7.46. The number of fused-ring (bicyclic) bond motifs is 2. The molecular weight excluding hydrogens is 350 g/mol. The molecule has 1 spiro atoms. The van der Waals surface area contributed by atoms with Gasteiger partial charge in [-0.15, -0.1) is 0 Å². The molecule has 2 aromatic rings. The molecule has 3 aliphatic heterocycles. The number of hydrogen-bond donors (Lipinski definition) is 1. The van der Waals surface area contributed by atoms with Crippen LogP contribution in [0.15, 0.2) is 36.5 Å². The lowest BCUT2D eigenvalue weighted by Gasteiger charge is -2.29. The van der Waals surface area contributed by atoms with E-state index in [1.165, 1.54) is 23.9 Å². The fourth-order valence-corrected chi connectivity index (χ4v) is 5.89. The van der Waals surface area contributed by atoms with Gasteiger partial charge in [0.15, 0.2) is 0 Å². The van der Waals surface area contributed by atoms with Crippen LogP contribution in [0.1, 0.15) is 32.1 Å². The van der Waals surface area contributed by atoms with Gasteiger partial charge in [0.05, 0.1) is 17.2 Å². The molecule has 1 aromatic heterocycles. The van der Waals surface area contributed by atoms with Gasteiger partial charge in [-0.1, -0.05) is 18.2 Å². The highest BCUT2D eigenvalue weighted by molar-refractivity contribution is 5.91. The van der Waals surface area contributed by atoms with Crippen LogP contribution in [0.2, 0.25) is 0 Å². The molecule has 4 fully saturated rings. The first kappa shape index (κ1) is 16.8. The second kappa shape index (κ2) is 6.18. The first-order chi connectivity index (χ1) is 13.7. The standard InChI is InChI=1S/C23H27N3O2/c27-22(11-15-5-6-15)25-12-17-18-13-26(14-23(18)9-7-21(17)28-23)20-8-10-24-19-4-2-1-3-16(19)20/h1-4,8,10,15,17-18,21H,5-7,9,11-14H2,(H,25,27)/t17-,18+,21+,23+/m0/s1. The molecule has 0 unspecified atom stereocenters. The van der Waals surface area contributed by atoms with E-state index in [9.17, 15) is 4.79 Å². The highest BCUT2D eigenvalue weighted by atomic mass is 16.5. The number of nitrogens with zero attached hydrogens (tertiary/aromatic N) is 2. The van der Waals surface area contributed by atoms with Gasteiger partial charge in [-0.05, 0) is 43.7 Å². The maximum atomic E-state index is 12.2. The maximum absolute atomic E-state index is 12.2. The van der Waals surface area contributed by atoms with Crippen molar-refractivity contribution >= 4 is 22.5 Å². The Morgan fingerprint density at radius 1 is 1.25 bits per heavy atom. The average Bonchev–Trinajstić information content (AvgIpc) is 3.20. The van der Waals surface area contributed by atoms with Crippen molar-refractivity contribution in [2.45, 2.75) is 43.8 Å². The van der Waals surface area contributed by atoms with Crippen LogP contribution in [0, 0.1) is 17.8 Å². The normalized spacial score (nSPS) is 33.4. The van der Waals surface area contributed by atoms with Gasteiger partial charge in [0.2, 0.25) is 5.91 Å². The minimum Gasteiger partial charge on any atom is -0.369 e. The van der Waals surface area contributed by atoms with E-state index in [1.807, 2.05) is 12.3 Å². The lowest BCUT2D eigenvalue weighted by molar-refractivity contribution is -0.121. The van der Waals surface area contributed by atoms with E-state index in [0.29, 0.717) is 30.3 Å². The van der Waals surface area contributed by atoms with Gasteiger partial charge in [0, 0.05) is 55.2 Å². The van der Waals surface area contributed by atoms with Crippen molar-refractivity contribution in [1.82, 2.24) is 10.3 Å². The fourth-order valence-electron chi connectivity index (χ4n) is 5.89. The summed E-state index contributed by atoms with van der Waals surface area (Å²) in [6.45, 7) is 2.73. The quantitative estimate of drug-likeness (QED) is 0.870. The molecule has 5 heteroatoms. The first-order valence-corrected chi connectivity index (χ1v) is 10.8. The second-order valence-corrected chi connectivity index (χ2v) is 9.21. The molecule has 1 aliphatic carbocycles. The Morgan fingerprint density at radius 2 is 2.14 bits per heavy atom. The zero-order valence-electron chi connectivity index (χ0n) is 16.1. The molecule has 5 nitrogen and oxygen atoms in total. The number of carbonyl (C=O) groups excluding carboxylic acids is 1. The molecule has 0 radical (unpaired) electrons. The van der Waals surface area contributed by atoms with Gasteiger partial charge in [-0.25, -0.2) is 0 Å². The first-order valence-electron chi connectivity index (χ1n) is 10.8. The van der Waals surface area contributed by atoms with Crippen LogP contribution >= 0.6 is 0 Å². The van der Waals surface area contributed by atoms with Crippen LogP contribution in [0.4, 0.5) is 5.69 Å². The van der Waals surface area contributed by atoms with E-state index in [4.69, 9.17) is 4.74 Å². The Hall–Kier alpha value is -2.14. The predicted octanol–water partition coefficient (Wildman–Crippen LogP) is 3.13. The number of anilines is 1. The summed E-state index contributed by atoms with van der Waals surface area (Å²) in [7, 11) is 0. The molecule has 3 saturated heterocycles. The Morgan fingerprint density at radius 3 is 3.04 bits per heavy atom. The van der Waals surface area contributed by atoms with Crippen LogP contribution in [-0.2, 0) is 9.53 Å². The Bertz CT molecular complexity index is 922. The van der Waals surface area contributed by atoms with Gasteiger partial charge in [-0.2, -0.15) is 0 Å². The topological polar surface area (TPSA) is 54.5 Å². The summed E-state index contributed by atoms with van der Waals surface area (Å²) in [5, 5.41) is 4.44. The van der Waals surface area contributed by atoms with Crippen molar-refractivity contribution in [3.63, 3.8) is 0 Å². The summed E-state index contributed by atoms with van der Waals surface area (Å²) < 4.78 is 6.58. The highest BCUT2D eigenvalue weighted by Crippen LogP contribution is 2.55. The lowest BCUT2D eigenvalue weighted by Crippen LogP contribution is -2.41. The summed E-state index contributed by atoms with van der Waals surface area (Å²) in [6.07, 6.45) is 7.67. The Balaban J connectivity index is 1.22. The highest BCUT2D eigenvalue weighted by Gasteiger charge is 2.63. The lowest BCUT2D eigenvalue weighted by atomic mass is 9.73. The number of nitrogens with one attached hydrogen (secondary N) is 1. The summed E-state index contributed by atoms with van der Waals surface area (Å²) in [5.41, 5.74) is 2.28. The molecule has 1 N–H and O–H groups in total. The summed E-state index contributed by atoms with van der Waals surface area (Å²) in [4.78, 5) is 19.2. The molecule has 4 atom stereocenters. The molecule has 2 bridgehead atoms. The molecule has 4 aliphatic rings. The van der Waals surface area contributed by atoms with E-state index < -0.39 is 0 Å². The van der Waals surface area contributed by atoms with E-state index in [1.54, 1.807) is 0 Å². The van der Waals surface area contributed by atoms with Gasteiger partial charge < -0.3 is 15.0 Å². The number of pyridine rings is 1. The van der Waals surface area contributed by atoms with Gasteiger partial charge in [0.25, 0.3) is 0 Å². The van der Waals surface area contributed by atoms with E-state index in [2.05, 4.69) is 39.5 Å². The maximum Gasteiger partial charge on any atom is 0.220 e. The number of hydrogen-bond acceptors (Lipinski definition) is 4. The minimum atomic E-state index is -0.0269. The van der Waals surface area contributed by atoms with Crippen molar-refractivity contribution in [2.75, 3.05) is 24.5 Å². The average molecular weight is 377 g/mol. The zero-order chi connectivity index (χ0) is 18.7. The van der Waals surface area contributed by atoms with Gasteiger partial charge in [0.1, 0.15) is 0 Å². The third-order valence-corrected chi connectivity index (χ3v) is 7.46. The van der Waals surface area contributed by atoms with Crippen molar-refractivity contribution in [3.8, 4) is 0 Å². The van der Waals surface area contributed by atoms with Crippen molar-refractivity contribution < 1.29 is 9.53 Å². The smallest absolute Gasteiger partial charge is 0.220 e. The Labute approximate surface area is 165 Å². The molecule has 1 aromatic carbocycles. The number of rotatable bonds is 5. The monoisotopic (exact) mass is 377 g/mol. The van der Waals surface area contributed by atoms with E-state index in [0.717, 1.165) is 38.0 Å². The number of carbonyl (C=O) groups is 1. The zero-order valence-corrected chi connectivity index (χ0v) is 16.1. The van der Waals surface area contributed by atoms with E-state index >= 15 is 0 Å². The molecule has 1 amide bonds. The molecular formula is C23H27N3O2. The number of amides is 1. The number of benzene rings is 1. The van der Waals surface area contributed by atoms with Crippen LogP contribution in [-0.4, -0.2) is 42.2 Å². The van der Waals surface area contributed by atoms with Crippen molar-refractivity contribution in [1.29, 1.82) is 0 Å². The van der Waals surface area contributed by atoms with Crippen LogP contribution < -0.4 is 10.2 Å². The third kappa shape index (κ3) is 2.63. The van der Waals surface area contributed by atoms with Crippen molar-refractivity contribution in [2.24, 2.45) is 17.8 Å². The van der Waals surface area contributed by atoms with Crippen LogP contribution in [0.5, 0.6) is 0 Å². The fraction of sp³-hybridized carbons (Fsp3) is 0.565. The molecule has 146 valence electrons. The van der Waals surface area contributed by atoms with Crippen LogP contribution in [0.3, 0.4) is 0 Å². The molecule has 1 saturated carbocycles. The molecule has 4 heterocycles. The summed E-state index contributed by atoms with van der Waals surface area (Å²) in [5.74, 6) is 1.81. The summed E-state index contributed by atoms with van der Waals surface area (Å²) >= 11 is 0. The minimum absolute atomic E-state index is 0.0269. The van der Waals surface area contributed by atoms with Crippen molar-refractivity contribution in [3.05, 3.63) is 36.5 Å². The molecule has 28 heavy (non-hydrogen) atoms.